The van der Waals surface area contributed by atoms with Crippen LogP contribution in [0, 0.1) is 5.92 Å². The Morgan fingerprint density at radius 2 is 1.94 bits per heavy atom. The van der Waals surface area contributed by atoms with Gasteiger partial charge in [0.05, 0.1) is 41.2 Å². The van der Waals surface area contributed by atoms with Gasteiger partial charge in [0, 0.05) is 18.6 Å². The van der Waals surface area contributed by atoms with E-state index in [0.29, 0.717) is 39.7 Å². The maximum Gasteiger partial charge on any atom is 0.223 e. The molecule has 4 rings (SSSR count). The third-order valence-corrected chi connectivity index (χ3v) is 6.38. The van der Waals surface area contributed by atoms with Gasteiger partial charge in [0.25, 0.3) is 0 Å². The van der Waals surface area contributed by atoms with Crippen LogP contribution in [0.4, 0.5) is 17.2 Å². The van der Waals surface area contributed by atoms with E-state index < -0.39 is 0 Å². The lowest BCUT2D eigenvalue weighted by atomic mass is 9.96. The Morgan fingerprint density at radius 3 is 2.61 bits per heavy atom. The van der Waals surface area contributed by atoms with Gasteiger partial charge in [-0.1, -0.05) is 29.3 Å². The number of methoxy groups -OCH3 is 1. The van der Waals surface area contributed by atoms with Crippen molar-refractivity contribution in [3.05, 3.63) is 40.4 Å². The monoisotopic (exact) mass is 495 g/mol. The largest absolute Gasteiger partial charge is 0.481 e. The summed E-state index contributed by atoms with van der Waals surface area (Å²) in [5.41, 5.74) is 6.98. The summed E-state index contributed by atoms with van der Waals surface area (Å²) < 4.78 is 10.3. The number of amides is 1. The first-order chi connectivity index (χ1) is 15.9. The summed E-state index contributed by atoms with van der Waals surface area (Å²) >= 11 is 11.8. The second kappa shape index (κ2) is 12.3. The van der Waals surface area contributed by atoms with Crippen molar-refractivity contribution in [2.75, 3.05) is 51.5 Å². The standard InChI is InChI=1S/C12H11Cl2N3O.C11H20N2O2/c1-18-12-4-2-3-11(17-12)16-10-6-8(14)7(13)5-9(10)15;1-13-5-2-9(3-6-13)11(14)12-10-4-7-15-8-10/h2-6H,15H2,1H3,(H,16,17);9-10H,2-8H2,1H3,(H,12,14). The Bertz CT molecular complexity index is 932. The number of carbonyl (C=O) groups is 1. The van der Waals surface area contributed by atoms with E-state index in [4.69, 9.17) is 38.4 Å². The zero-order chi connectivity index (χ0) is 23.8. The lowest BCUT2D eigenvalue weighted by Gasteiger charge is -2.28. The molecule has 2 aliphatic rings. The van der Waals surface area contributed by atoms with Crippen LogP contribution in [-0.2, 0) is 9.53 Å². The van der Waals surface area contributed by atoms with Gasteiger partial charge in [-0.05, 0) is 57.6 Å². The normalized spacial score (nSPS) is 18.8. The summed E-state index contributed by atoms with van der Waals surface area (Å²) in [7, 11) is 3.67. The van der Waals surface area contributed by atoms with Crippen molar-refractivity contribution in [3.63, 3.8) is 0 Å². The number of carbonyl (C=O) groups excluding carboxylic acids is 1. The molecule has 1 unspecified atom stereocenters. The number of anilines is 3. The van der Waals surface area contributed by atoms with E-state index >= 15 is 0 Å². The first-order valence-corrected chi connectivity index (χ1v) is 11.7. The van der Waals surface area contributed by atoms with E-state index in [-0.39, 0.29) is 17.9 Å². The van der Waals surface area contributed by atoms with Crippen LogP contribution in [0.15, 0.2) is 30.3 Å². The summed E-state index contributed by atoms with van der Waals surface area (Å²) in [5, 5.41) is 6.98. The SMILES string of the molecule is CN1CCC(C(=O)NC2CCOC2)CC1.COc1cccc(Nc2cc(Cl)c(Cl)cc2N)n1. The van der Waals surface area contributed by atoms with Crippen molar-refractivity contribution in [3.8, 4) is 5.88 Å². The van der Waals surface area contributed by atoms with Gasteiger partial charge in [-0.15, -0.1) is 0 Å². The van der Waals surface area contributed by atoms with Crippen LogP contribution in [0.5, 0.6) is 5.88 Å². The minimum atomic E-state index is 0.224. The Morgan fingerprint density at radius 1 is 1.21 bits per heavy atom. The molecule has 2 fully saturated rings. The van der Waals surface area contributed by atoms with Gasteiger partial charge in [0.1, 0.15) is 5.82 Å². The van der Waals surface area contributed by atoms with Crippen molar-refractivity contribution in [1.82, 2.24) is 15.2 Å². The summed E-state index contributed by atoms with van der Waals surface area (Å²) in [6.45, 7) is 3.56. The van der Waals surface area contributed by atoms with Crippen LogP contribution < -0.4 is 21.1 Å². The predicted molar refractivity (Wildman–Crippen MR) is 133 cm³/mol. The van der Waals surface area contributed by atoms with Crippen molar-refractivity contribution >= 4 is 46.3 Å². The van der Waals surface area contributed by atoms with Gasteiger partial charge < -0.3 is 30.7 Å². The van der Waals surface area contributed by atoms with E-state index in [1.807, 2.05) is 6.07 Å². The number of aromatic nitrogens is 1. The minimum Gasteiger partial charge on any atom is -0.481 e. The molecule has 180 valence electrons. The molecular weight excluding hydrogens is 465 g/mol. The third kappa shape index (κ3) is 7.64. The fourth-order valence-electron chi connectivity index (χ4n) is 3.64. The molecule has 0 radical (unpaired) electrons. The highest BCUT2D eigenvalue weighted by molar-refractivity contribution is 6.42. The van der Waals surface area contributed by atoms with Gasteiger partial charge in [-0.3, -0.25) is 4.79 Å². The zero-order valence-electron chi connectivity index (χ0n) is 18.9. The molecule has 0 saturated carbocycles. The number of hydrogen-bond donors (Lipinski definition) is 3. The Labute approximate surface area is 204 Å². The molecule has 1 aromatic heterocycles. The second-order valence-electron chi connectivity index (χ2n) is 8.19. The maximum absolute atomic E-state index is 11.9. The molecule has 2 aromatic rings. The molecule has 10 heteroatoms. The fourth-order valence-corrected chi connectivity index (χ4v) is 3.98. The molecule has 2 saturated heterocycles. The summed E-state index contributed by atoms with van der Waals surface area (Å²) in [6, 6.07) is 8.87. The summed E-state index contributed by atoms with van der Waals surface area (Å²) in [6.07, 6.45) is 2.96. The number of halogens is 2. The Kier molecular flexibility index (Phi) is 9.43. The fraction of sp³-hybridized carbons (Fsp3) is 0.478. The van der Waals surface area contributed by atoms with Gasteiger partial charge in [-0.25, -0.2) is 0 Å². The number of likely N-dealkylation sites (tertiary alicyclic amines) is 1. The number of benzene rings is 1. The lowest BCUT2D eigenvalue weighted by molar-refractivity contribution is -0.127. The number of ether oxygens (including phenoxy) is 2. The number of nitrogens with one attached hydrogen (secondary N) is 2. The summed E-state index contributed by atoms with van der Waals surface area (Å²) in [5.74, 6) is 1.58. The number of pyridine rings is 1. The Balaban J connectivity index is 0.000000189. The average Bonchev–Trinajstić information content (AvgIpc) is 3.31. The van der Waals surface area contributed by atoms with Gasteiger partial charge in [0.15, 0.2) is 0 Å². The average molecular weight is 496 g/mol. The molecule has 3 heterocycles. The molecule has 33 heavy (non-hydrogen) atoms. The number of nitrogens with zero attached hydrogens (tertiary/aromatic N) is 2. The topological polar surface area (TPSA) is 102 Å². The molecule has 1 amide bonds. The van der Waals surface area contributed by atoms with Crippen LogP contribution in [0.3, 0.4) is 0 Å². The van der Waals surface area contributed by atoms with Gasteiger partial charge >= 0.3 is 0 Å². The smallest absolute Gasteiger partial charge is 0.223 e. The molecule has 2 aliphatic heterocycles. The highest BCUT2D eigenvalue weighted by atomic mass is 35.5. The van der Waals surface area contributed by atoms with E-state index in [9.17, 15) is 4.79 Å². The van der Waals surface area contributed by atoms with E-state index in [1.165, 1.54) is 0 Å². The number of nitrogens with two attached hydrogens (primary N) is 1. The predicted octanol–water partition coefficient (Wildman–Crippen LogP) is 3.96. The van der Waals surface area contributed by atoms with Crippen LogP contribution >= 0.6 is 23.2 Å². The third-order valence-electron chi connectivity index (χ3n) is 5.65. The quantitative estimate of drug-likeness (QED) is 0.539. The van der Waals surface area contributed by atoms with Crippen molar-refractivity contribution in [2.45, 2.75) is 25.3 Å². The molecule has 1 atom stereocenters. The highest BCUT2D eigenvalue weighted by Crippen LogP contribution is 2.32. The van der Waals surface area contributed by atoms with Gasteiger partial charge in [-0.2, -0.15) is 4.98 Å². The molecular formula is C23H31Cl2N5O3. The van der Waals surface area contributed by atoms with E-state index in [0.717, 1.165) is 39.0 Å². The maximum atomic E-state index is 11.9. The molecule has 8 nitrogen and oxygen atoms in total. The number of hydrogen-bond acceptors (Lipinski definition) is 7. The number of rotatable bonds is 5. The van der Waals surface area contributed by atoms with Crippen LogP contribution in [0.1, 0.15) is 19.3 Å². The molecule has 0 spiro atoms. The van der Waals surface area contributed by atoms with Crippen LogP contribution in [-0.4, -0.2) is 62.3 Å². The van der Waals surface area contributed by atoms with Crippen LogP contribution in [0.2, 0.25) is 10.0 Å². The highest BCUT2D eigenvalue weighted by Gasteiger charge is 2.26. The Hall–Kier alpha value is -2.26. The molecule has 4 N–H and O–H groups in total. The van der Waals surface area contributed by atoms with Crippen molar-refractivity contribution < 1.29 is 14.3 Å². The van der Waals surface area contributed by atoms with Crippen LogP contribution in [0.25, 0.3) is 0 Å². The van der Waals surface area contributed by atoms with E-state index in [2.05, 4.69) is 27.6 Å². The van der Waals surface area contributed by atoms with Crippen molar-refractivity contribution in [1.29, 1.82) is 0 Å². The summed E-state index contributed by atoms with van der Waals surface area (Å²) in [4.78, 5) is 18.4. The van der Waals surface area contributed by atoms with Gasteiger partial charge in [0.2, 0.25) is 11.8 Å². The first kappa shape index (κ1) is 25.4. The number of piperidine rings is 1. The molecule has 0 aliphatic carbocycles. The minimum absolute atomic E-state index is 0.224. The first-order valence-electron chi connectivity index (χ1n) is 10.9. The molecule has 1 aromatic carbocycles. The van der Waals surface area contributed by atoms with E-state index in [1.54, 1.807) is 31.4 Å². The second-order valence-corrected chi connectivity index (χ2v) is 9.00. The van der Waals surface area contributed by atoms with Crippen molar-refractivity contribution in [2.24, 2.45) is 5.92 Å². The lowest BCUT2D eigenvalue weighted by Crippen LogP contribution is -2.43. The zero-order valence-corrected chi connectivity index (χ0v) is 20.5. The molecule has 0 bridgehead atoms. The number of nitrogen functional groups attached to an aromatic ring is 1.